The molecule has 0 radical (unpaired) electrons. The van der Waals surface area contributed by atoms with Crippen molar-refractivity contribution in [3.8, 4) is 0 Å². The van der Waals surface area contributed by atoms with E-state index in [-0.39, 0.29) is 11.6 Å². The number of carbonyl (C=O) groups is 1. The van der Waals surface area contributed by atoms with Gasteiger partial charge in [-0.2, -0.15) is 0 Å². The SMILES string of the molecule is C=CCN(c1cccc(F)c1C(=O)O)C(C)C. The van der Waals surface area contributed by atoms with Gasteiger partial charge in [0.05, 0.1) is 5.69 Å². The monoisotopic (exact) mass is 237 g/mol. The Balaban J connectivity index is 3.32. The number of hydrogen-bond acceptors (Lipinski definition) is 2. The first-order valence-corrected chi connectivity index (χ1v) is 5.38. The molecule has 0 atom stereocenters. The Morgan fingerprint density at radius 2 is 2.24 bits per heavy atom. The Bertz CT molecular complexity index is 429. The van der Waals surface area contributed by atoms with Crippen LogP contribution in [0.15, 0.2) is 30.9 Å². The fourth-order valence-corrected chi connectivity index (χ4v) is 1.69. The molecule has 92 valence electrons. The summed E-state index contributed by atoms with van der Waals surface area (Å²) in [5.41, 5.74) is 0.0930. The molecule has 0 bridgehead atoms. The lowest BCUT2D eigenvalue weighted by Gasteiger charge is -2.29. The quantitative estimate of drug-likeness (QED) is 0.800. The minimum atomic E-state index is -1.26. The number of nitrogens with zero attached hydrogens (tertiary/aromatic N) is 1. The molecule has 17 heavy (non-hydrogen) atoms. The molecule has 1 N–H and O–H groups in total. The highest BCUT2D eigenvalue weighted by Gasteiger charge is 2.20. The van der Waals surface area contributed by atoms with E-state index in [1.807, 2.05) is 13.8 Å². The zero-order valence-corrected chi connectivity index (χ0v) is 9.98. The van der Waals surface area contributed by atoms with Crippen molar-refractivity contribution in [1.82, 2.24) is 0 Å². The number of halogens is 1. The third-order valence-corrected chi connectivity index (χ3v) is 2.46. The Morgan fingerprint density at radius 3 is 2.71 bits per heavy atom. The number of carboxylic acids is 1. The maximum absolute atomic E-state index is 13.5. The maximum atomic E-state index is 13.5. The maximum Gasteiger partial charge on any atom is 0.340 e. The van der Waals surface area contributed by atoms with E-state index in [0.717, 1.165) is 6.07 Å². The Labute approximate surface area is 100 Å². The molecular weight excluding hydrogens is 221 g/mol. The first-order chi connectivity index (χ1) is 7.99. The molecule has 1 aromatic carbocycles. The molecule has 1 rings (SSSR count). The van der Waals surface area contributed by atoms with Crippen LogP contribution in [0.4, 0.5) is 10.1 Å². The lowest BCUT2D eigenvalue weighted by atomic mass is 10.1. The molecule has 0 aliphatic heterocycles. The van der Waals surface area contributed by atoms with Gasteiger partial charge in [-0.25, -0.2) is 9.18 Å². The van der Waals surface area contributed by atoms with E-state index in [2.05, 4.69) is 6.58 Å². The van der Waals surface area contributed by atoms with E-state index in [9.17, 15) is 9.18 Å². The summed E-state index contributed by atoms with van der Waals surface area (Å²) in [6, 6.07) is 4.33. The summed E-state index contributed by atoms with van der Waals surface area (Å²) < 4.78 is 13.5. The third kappa shape index (κ3) is 2.84. The van der Waals surface area contributed by atoms with E-state index >= 15 is 0 Å². The van der Waals surface area contributed by atoms with Crippen molar-refractivity contribution < 1.29 is 14.3 Å². The van der Waals surface area contributed by atoms with Gasteiger partial charge in [0.2, 0.25) is 0 Å². The fourth-order valence-electron chi connectivity index (χ4n) is 1.69. The van der Waals surface area contributed by atoms with E-state index in [0.29, 0.717) is 12.2 Å². The summed E-state index contributed by atoms with van der Waals surface area (Å²) in [4.78, 5) is 12.9. The highest BCUT2D eigenvalue weighted by Crippen LogP contribution is 2.25. The van der Waals surface area contributed by atoms with Gasteiger partial charge in [-0.05, 0) is 26.0 Å². The van der Waals surface area contributed by atoms with Crippen molar-refractivity contribution in [3.05, 3.63) is 42.2 Å². The molecule has 0 saturated heterocycles. The van der Waals surface area contributed by atoms with Crippen LogP contribution in [-0.4, -0.2) is 23.7 Å². The van der Waals surface area contributed by atoms with Gasteiger partial charge in [-0.3, -0.25) is 0 Å². The molecule has 0 amide bonds. The zero-order chi connectivity index (χ0) is 13.0. The minimum Gasteiger partial charge on any atom is -0.478 e. The summed E-state index contributed by atoms with van der Waals surface area (Å²) in [5, 5.41) is 9.05. The number of hydrogen-bond donors (Lipinski definition) is 1. The van der Waals surface area contributed by atoms with Gasteiger partial charge < -0.3 is 10.0 Å². The second kappa shape index (κ2) is 5.48. The van der Waals surface area contributed by atoms with Crippen LogP contribution < -0.4 is 4.90 Å². The molecular formula is C13H16FNO2. The smallest absolute Gasteiger partial charge is 0.340 e. The van der Waals surface area contributed by atoms with Crippen molar-refractivity contribution in [2.75, 3.05) is 11.4 Å². The average molecular weight is 237 g/mol. The van der Waals surface area contributed by atoms with Gasteiger partial charge in [-0.15, -0.1) is 6.58 Å². The average Bonchev–Trinajstić information content (AvgIpc) is 2.24. The number of carboxylic acid groups (broad SMARTS) is 1. The summed E-state index contributed by atoms with van der Waals surface area (Å²) in [6.45, 7) is 7.93. The standard InChI is InChI=1S/C13H16FNO2/c1-4-8-15(9(2)3)11-7-5-6-10(14)12(11)13(16)17/h4-7,9H,1,8H2,2-3H3,(H,16,17). The van der Waals surface area contributed by atoms with Gasteiger partial charge in [0.25, 0.3) is 0 Å². The Kier molecular flexibility index (Phi) is 4.26. The fraction of sp³-hybridized carbons (Fsp3) is 0.308. The molecule has 0 unspecified atom stereocenters. The van der Waals surface area contributed by atoms with Gasteiger partial charge in [0.15, 0.2) is 0 Å². The van der Waals surface area contributed by atoms with Crippen LogP contribution in [0.3, 0.4) is 0 Å². The molecule has 0 spiro atoms. The zero-order valence-electron chi connectivity index (χ0n) is 9.98. The molecule has 0 fully saturated rings. The van der Waals surface area contributed by atoms with Crippen LogP contribution in [0.2, 0.25) is 0 Å². The van der Waals surface area contributed by atoms with Gasteiger partial charge in [0.1, 0.15) is 11.4 Å². The number of rotatable bonds is 5. The van der Waals surface area contributed by atoms with Gasteiger partial charge >= 0.3 is 5.97 Å². The van der Waals surface area contributed by atoms with Crippen LogP contribution in [0, 0.1) is 5.82 Å². The third-order valence-electron chi connectivity index (χ3n) is 2.46. The number of anilines is 1. The molecule has 0 heterocycles. The van der Waals surface area contributed by atoms with Crippen molar-refractivity contribution in [2.24, 2.45) is 0 Å². The van der Waals surface area contributed by atoms with Crippen LogP contribution in [0.5, 0.6) is 0 Å². The Hall–Kier alpha value is -1.84. The van der Waals surface area contributed by atoms with Crippen LogP contribution in [0.1, 0.15) is 24.2 Å². The van der Waals surface area contributed by atoms with Crippen LogP contribution >= 0.6 is 0 Å². The summed E-state index contributed by atoms with van der Waals surface area (Å²) in [5.74, 6) is -1.97. The second-order valence-corrected chi connectivity index (χ2v) is 3.97. The van der Waals surface area contributed by atoms with Crippen molar-refractivity contribution in [2.45, 2.75) is 19.9 Å². The van der Waals surface area contributed by atoms with Gasteiger partial charge in [0, 0.05) is 12.6 Å². The minimum absolute atomic E-state index is 0.0629. The summed E-state index contributed by atoms with van der Waals surface area (Å²) >= 11 is 0. The Morgan fingerprint density at radius 1 is 1.59 bits per heavy atom. The van der Waals surface area contributed by atoms with Crippen molar-refractivity contribution in [1.29, 1.82) is 0 Å². The molecule has 0 aromatic heterocycles. The molecule has 0 saturated carbocycles. The van der Waals surface area contributed by atoms with E-state index < -0.39 is 11.8 Å². The van der Waals surface area contributed by atoms with E-state index in [1.54, 1.807) is 17.0 Å². The summed E-state index contributed by atoms with van der Waals surface area (Å²) in [6.07, 6.45) is 1.66. The van der Waals surface area contributed by atoms with E-state index in [1.165, 1.54) is 6.07 Å². The highest BCUT2D eigenvalue weighted by atomic mass is 19.1. The first-order valence-electron chi connectivity index (χ1n) is 5.38. The molecule has 4 heteroatoms. The first kappa shape index (κ1) is 13.2. The molecule has 0 aliphatic carbocycles. The predicted octanol–water partition coefficient (Wildman–Crippen LogP) is 2.92. The van der Waals surface area contributed by atoms with E-state index in [4.69, 9.17) is 5.11 Å². The normalized spacial score (nSPS) is 10.4. The highest BCUT2D eigenvalue weighted by molar-refractivity contribution is 5.94. The second-order valence-electron chi connectivity index (χ2n) is 3.97. The molecule has 1 aromatic rings. The van der Waals surface area contributed by atoms with Gasteiger partial charge in [-0.1, -0.05) is 12.1 Å². The topological polar surface area (TPSA) is 40.5 Å². The molecule has 3 nitrogen and oxygen atoms in total. The van der Waals surface area contributed by atoms with Crippen molar-refractivity contribution >= 4 is 11.7 Å². The van der Waals surface area contributed by atoms with Crippen molar-refractivity contribution in [3.63, 3.8) is 0 Å². The largest absolute Gasteiger partial charge is 0.478 e. The number of benzene rings is 1. The van der Waals surface area contributed by atoms with Crippen LogP contribution in [0.25, 0.3) is 0 Å². The summed E-state index contributed by atoms with van der Waals surface area (Å²) in [7, 11) is 0. The lowest BCUT2D eigenvalue weighted by molar-refractivity contribution is 0.0692. The molecule has 0 aliphatic rings. The predicted molar refractivity (Wildman–Crippen MR) is 66.0 cm³/mol. The number of aromatic carboxylic acids is 1. The lowest BCUT2D eigenvalue weighted by Crippen LogP contribution is -2.32. The van der Waals surface area contributed by atoms with Crippen LogP contribution in [-0.2, 0) is 0 Å².